The Hall–Kier alpha value is -3.31. The SMILES string of the molecule is Cc1noc(C)c1C(=O)Oc1c2n(ccc1=O)NCN(CC(F)(F)F)C2=O. The van der Waals surface area contributed by atoms with Crippen LogP contribution in [0.15, 0.2) is 21.6 Å². The largest absolute Gasteiger partial charge is 0.416 e. The zero-order chi connectivity index (χ0) is 19.9. The smallest absolute Gasteiger partial charge is 0.406 e. The summed E-state index contributed by atoms with van der Waals surface area (Å²) in [4.78, 5) is 37.4. The maximum atomic E-state index is 12.7. The van der Waals surface area contributed by atoms with Gasteiger partial charge in [-0.1, -0.05) is 5.16 Å². The van der Waals surface area contributed by atoms with Gasteiger partial charge in [-0.15, -0.1) is 0 Å². The number of alkyl halides is 3. The molecule has 0 atom stereocenters. The van der Waals surface area contributed by atoms with Gasteiger partial charge in [0, 0.05) is 12.3 Å². The molecule has 12 heteroatoms. The van der Waals surface area contributed by atoms with Gasteiger partial charge in [-0.25, -0.2) is 4.79 Å². The third-order valence-electron chi connectivity index (χ3n) is 3.78. The summed E-state index contributed by atoms with van der Waals surface area (Å²) in [5, 5.41) is 3.58. The molecule has 0 saturated carbocycles. The predicted octanol–water partition coefficient (Wildman–Crippen LogP) is 1.19. The van der Waals surface area contributed by atoms with Gasteiger partial charge >= 0.3 is 12.1 Å². The van der Waals surface area contributed by atoms with Gasteiger partial charge in [0.05, 0.1) is 5.69 Å². The van der Waals surface area contributed by atoms with E-state index in [0.717, 1.165) is 16.9 Å². The fourth-order valence-electron chi connectivity index (χ4n) is 2.59. The van der Waals surface area contributed by atoms with E-state index < -0.39 is 48.1 Å². The number of carbonyl (C=O) groups is 2. The zero-order valence-corrected chi connectivity index (χ0v) is 14.1. The highest BCUT2D eigenvalue weighted by atomic mass is 19.4. The van der Waals surface area contributed by atoms with Crippen LogP contribution in [-0.2, 0) is 0 Å². The number of nitrogens with one attached hydrogen (secondary N) is 1. The summed E-state index contributed by atoms with van der Waals surface area (Å²) < 4.78 is 48.9. The van der Waals surface area contributed by atoms with E-state index in [1.807, 2.05) is 0 Å². The molecule has 2 aromatic heterocycles. The van der Waals surface area contributed by atoms with Gasteiger partial charge in [0.1, 0.15) is 24.5 Å². The van der Waals surface area contributed by atoms with E-state index >= 15 is 0 Å². The van der Waals surface area contributed by atoms with Gasteiger partial charge in [0.25, 0.3) is 5.91 Å². The van der Waals surface area contributed by atoms with Crippen molar-refractivity contribution in [2.45, 2.75) is 20.0 Å². The molecule has 1 aliphatic rings. The summed E-state index contributed by atoms with van der Waals surface area (Å²) in [5.41, 5.74) is 1.33. The molecule has 2 aromatic rings. The number of ether oxygens (including phenoxy) is 1. The highest BCUT2D eigenvalue weighted by Gasteiger charge is 2.38. The third kappa shape index (κ3) is 3.50. The van der Waals surface area contributed by atoms with Gasteiger partial charge in [-0.05, 0) is 13.8 Å². The average Bonchev–Trinajstić information content (AvgIpc) is 2.90. The second-order valence-corrected chi connectivity index (χ2v) is 5.75. The molecule has 1 aliphatic heterocycles. The minimum absolute atomic E-state index is 0.0413. The first-order valence-corrected chi connectivity index (χ1v) is 7.59. The summed E-state index contributed by atoms with van der Waals surface area (Å²) >= 11 is 0. The van der Waals surface area contributed by atoms with E-state index in [2.05, 4.69) is 10.6 Å². The number of esters is 1. The maximum Gasteiger partial charge on any atom is 0.406 e. The summed E-state index contributed by atoms with van der Waals surface area (Å²) in [6.07, 6.45) is -3.48. The lowest BCUT2D eigenvalue weighted by molar-refractivity contribution is -0.140. The number of halogens is 3. The van der Waals surface area contributed by atoms with Crippen molar-refractivity contribution in [2.75, 3.05) is 18.6 Å². The van der Waals surface area contributed by atoms with Gasteiger partial charge in [-0.3, -0.25) is 14.3 Å². The quantitative estimate of drug-likeness (QED) is 0.790. The topological polar surface area (TPSA) is 107 Å². The Morgan fingerprint density at radius 3 is 2.67 bits per heavy atom. The lowest BCUT2D eigenvalue weighted by Crippen LogP contribution is -2.50. The number of rotatable bonds is 3. The first-order valence-electron chi connectivity index (χ1n) is 7.59. The molecule has 1 N–H and O–H groups in total. The second kappa shape index (κ2) is 6.45. The van der Waals surface area contributed by atoms with Crippen molar-refractivity contribution < 1.29 is 32.0 Å². The normalized spacial score (nSPS) is 14.0. The van der Waals surface area contributed by atoms with Crippen molar-refractivity contribution in [2.24, 2.45) is 0 Å². The van der Waals surface area contributed by atoms with Gasteiger partial charge in [0.2, 0.25) is 11.2 Å². The molecule has 0 bridgehead atoms. The standard InChI is InChI=1S/C15H13F3N4O5/c1-7-10(8(2)27-20-7)14(25)26-12-9(23)3-4-22-11(12)13(24)21(6-19-22)5-15(16,17)18/h3-4,19H,5-6H2,1-2H3. The van der Waals surface area contributed by atoms with Crippen LogP contribution < -0.4 is 15.6 Å². The second-order valence-electron chi connectivity index (χ2n) is 5.75. The first-order chi connectivity index (χ1) is 12.6. The zero-order valence-electron chi connectivity index (χ0n) is 14.1. The van der Waals surface area contributed by atoms with Crippen LogP contribution in [-0.4, -0.2) is 46.0 Å². The molecule has 27 heavy (non-hydrogen) atoms. The summed E-state index contributed by atoms with van der Waals surface area (Å²) in [6.45, 7) is 0.949. The molecular weight excluding hydrogens is 373 g/mol. The van der Waals surface area contributed by atoms with E-state index in [1.54, 1.807) is 0 Å². The van der Waals surface area contributed by atoms with Crippen LogP contribution in [0.4, 0.5) is 13.2 Å². The van der Waals surface area contributed by atoms with Crippen molar-refractivity contribution in [3.63, 3.8) is 0 Å². The molecule has 9 nitrogen and oxygen atoms in total. The Morgan fingerprint density at radius 2 is 2.07 bits per heavy atom. The van der Waals surface area contributed by atoms with Crippen molar-refractivity contribution >= 4 is 11.9 Å². The van der Waals surface area contributed by atoms with Crippen LogP contribution in [0, 0.1) is 13.8 Å². The fourth-order valence-corrected chi connectivity index (χ4v) is 2.59. The minimum Gasteiger partial charge on any atom is -0.416 e. The van der Waals surface area contributed by atoms with Crippen molar-refractivity contribution in [1.29, 1.82) is 0 Å². The van der Waals surface area contributed by atoms with Crippen LogP contribution in [0.1, 0.15) is 32.3 Å². The van der Waals surface area contributed by atoms with Crippen molar-refractivity contribution in [3.05, 3.63) is 45.2 Å². The number of carbonyl (C=O) groups excluding carboxylic acids is 2. The third-order valence-corrected chi connectivity index (χ3v) is 3.78. The van der Waals surface area contributed by atoms with E-state index in [-0.39, 0.29) is 17.0 Å². The molecular formula is C15H13F3N4O5. The molecule has 0 saturated heterocycles. The van der Waals surface area contributed by atoms with Crippen LogP contribution in [0.5, 0.6) is 5.75 Å². The molecule has 0 unspecified atom stereocenters. The Bertz CT molecular complexity index is 959. The molecule has 3 heterocycles. The number of amides is 1. The Morgan fingerprint density at radius 1 is 1.37 bits per heavy atom. The summed E-state index contributed by atoms with van der Waals surface area (Å²) in [6, 6.07) is 1.01. The Kier molecular flexibility index (Phi) is 4.41. The number of aromatic nitrogens is 2. The van der Waals surface area contributed by atoms with E-state index in [0.29, 0.717) is 4.90 Å². The molecule has 0 aromatic carbocycles. The molecule has 144 valence electrons. The maximum absolute atomic E-state index is 12.7. The molecule has 0 aliphatic carbocycles. The number of hydrogen-bond acceptors (Lipinski definition) is 7. The summed E-state index contributed by atoms with van der Waals surface area (Å²) in [7, 11) is 0. The highest BCUT2D eigenvalue weighted by molar-refractivity contribution is 5.99. The lowest BCUT2D eigenvalue weighted by Gasteiger charge is -2.31. The highest BCUT2D eigenvalue weighted by Crippen LogP contribution is 2.24. The molecule has 1 amide bonds. The number of aryl methyl sites for hydroxylation is 2. The molecule has 0 fully saturated rings. The van der Waals surface area contributed by atoms with Crippen LogP contribution in [0.2, 0.25) is 0 Å². The number of pyridine rings is 1. The minimum atomic E-state index is -4.64. The lowest BCUT2D eigenvalue weighted by atomic mass is 10.2. The molecule has 3 rings (SSSR count). The Balaban J connectivity index is 2.00. The van der Waals surface area contributed by atoms with Gasteiger partial charge in [-0.2, -0.15) is 13.2 Å². The molecule has 0 radical (unpaired) electrons. The molecule has 0 spiro atoms. The van der Waals surface area contributed by atoms with Crippen LogP contribution in [0.3, 0.4) is 0 Å². The predicted molar refractivity (Wildman–Crippen MR) is 83.0 cm³/mol. The van der Waals surface area contributed by atoms with Crippen LogP contribution >= 0.6 is 0 Å². The van der Waals surface area contributed by atoms with E-state index in [1.165, 1.54) is 13.8 Å². The van der Waals surface area contributed by atoms with Crippen LogP contribution in [0.25, 0.3) is 0 Å². The van der Waals surface area contributed by atoms with E-state index in [4.69, 9.17) is 9.26 Å². The number of nitrogens with zero attached hydrogens (tertiary/aromatic N) is 3. The summed E-state index contributed by atoms with van der Waals surface area (Å²) in [5.74, 6) is -2.68. The van der Waals surface area contributed by atoms with Crippen molar-refractivity contribution in [1.82, 2.24) is 14.7 Å². The van der Waals surface area contributed by atoms with Crippen molar-refractivity contribution in [3.8, 4) is 5.75 Å². The van der Waals surface area contributed by atoms with E-state index in [9.17, 15) is 27.6 Å². The van der Waals surface area contributed by atoms with Gasteiger partial charge in [0.15, 0.2) is 5.69 Å². The first kappa shape index (κ1) is 18.5. The fraction of sp³-hybridized carbons (Fsp3) is 0.333. The van der Waals surface area contributed by atoms with Gasteiger partial charge < -0.3 is 19.6 Å². The monoisotopic (exact) mass is 386 g/mol. The number of fused-ring (bicyclic) bond motifs is 1. The number of hydrogen-bond donors (Lipinski definition) is 1. The Labute approximate surface area is 149 Å². The average molecular weight is 386 g/mol.